The average Bonchev–Trinajstić information content (AvgIpc) is 3.37. The number of methoxy groups -OCH3 is 1. The van der Waals surface area contributed by atoms with Crippen LogP contribution in [0.25, 0.3) is 0 Å². The molecule has 1 aromatic carbocycles. The number of benzene rings is 1. The Bertz CT molecular complexity index is 1270. The molecule has 10 nitrogen and oxygen atoms in total. The van der Waals surface area contributed by atoms with Crippen LogP contribution in [0, 0.1) is 0 Å². The van der Waals surface area contributed by atoms with Crippen LogP contribution in [0.15, 0.2) is 24.0 Å². The van der Waals surface area contributed by atoms with E-state index in [1.165, 1.54) is 0 Å². The van der Waals surface area contributed by atoms with Crippen molar-refractivity contribution in [2.24, 2.45) is 0 Å². The Morgan fingerprint density at radius 2 is 1.82 bits per heavy atom. The number of likely N-dealkylation sites (tertiary alicyclic amines) is 1. The van der Waals surface area contributed by atoms with Gasteiger partial charge in [-0.25, -0.2) is 9.59 Å². The number of ether oxygens (including phenoxy) is 6. The van der Waals surface area contributed by atoms with Gasteiger partial charge in [-0.05, 0) is 78.8 Å². The molecule has 39 heavy (non-hydrogen) atoms. The molecule has 2 fully saturated rings. The highest BCUT2D eigenvalue weighted by molar-refractivity contribution is 5.87. The van der Waals surface area contributed by atoms with E-state index in [-0.39, 0.29) is 18.2 Å². The zero-order chi connectivity index (χ0) is 28.1. The van der Waals surface area contributed by atoms with Gasteiger partial charge in [0.15, 0.2) is 35.6 Å². The van der Waals surface area contributed by atoms with Gasteiger partial charge in [-0.15, -0.1) is 0 Å². The number of nitrogens with zero attached hydrogens (tertiary/aromatic N) is 1. The van der Waals surface area contributed by atoms with Crippen LogP contribution in [-0.4, -0.2) is 84.0 Å². The topological polar surface area (TPSA) is 113 Å². The second-order valence-electron chi connectivity index (χ2n) is 12.7. The highest BCUT2D eigenvalue weighted by Crippen LogP contribution is 2.65. The van der Waals surface area contributed by atoms with Gasteiger partial charge in [0.1, 0.15) is 11.4 Å². The summed E-state index contributed by atoms with van der Waals surface area (Å²) in [6.07, 6.45) is -0.0678. The van der Waals surface area contributed by atoms with Gasteiger partial charge in [0.25, 0.3) is 0 Å². The van der Waals surface area contributed by atoms with Gasteiger partial charge in [0.2, 0.25) is 0 Å². The van der Waals surface area contributed by atoms with Crippen molar-refractivity contribution in [1.82, 2.24) is 4.90 Å². The summed E-state index contributed by atoms with van der Waals surface area (Å²) in [6.45, 7) is 9.22. The van der Waals surface area contributed by atoms with Crippen LogP contribution in [0.4, 0.5) is 0 Å². The van der Waals surface area contributed by atoms with E-state index in [0.29, 0.717) is 24.3 Å². The molecule has 6 atom stereocenters. The Morgan fingerprint density at radius 3 is 2.49 bits per heavy atom. The third kappa shape index (κ3) is 3.75. The Balaban J connectivity index is 1.36. The van der Waals surface area contributed by atoms with E-state index < -0.39 is 52.7 Å². The largest absolute Gasteiger partial charge is 0.493 e. The summed E-state index contributed by atoms with van der Waals surface area (Å²) in [6, 6.07) is 3.80. The number of carbonyl (C=O) groups is 2. The molecule has 3 heterocycles. The van der Waals surface area contributed by atoms with Crippen molar-refractivity contribution < 1.29 is 43.1 Å². The highest BCUT2D eigenvalue weighted by atomic mass is 16.8. The molecule has 0 amide bonds. The van der Waals surface area contributed by atoms with Gasteiger partial charge < -0.3 is 38.4 Å². The lowest BCUT2D eigenvalue weighted by molar-refractivity contribution is -0.180. The molecular formula is C29H37NO9. The van der Waals surface area contributed by atoms with Crippen molar-refractivity contribution in [1.29, 1.82) is 0 Å². The van der Waals surface area contributed by atoms with Crippen molar-refractivity contribution in [3.05, 3.63) is 35.1 Å². The van der Waals surface area contributed by atoms with Gasteiger partial charge >= 0.3 is 11.9 Å². The molecular weight excluding hydrogens is 506 g/mol. The average molecular weight is 544 g/mol. The quantitative estimate of drug-likeness (QED) is 0.568. The molecule has 212 valence electrons. The SMILES string of the molecule is COc1ccc2c3c1O[C@H]1C(OC(=O)[C@@H]4OC(C)(C)O[C@H]4C(=O)OC(C)(C)C)=CC[C@@]4(O)[C@H](C2)N(C)CC[C@]314. The first-order valence-corrected chi connectivity index (χ1v) is 13.5. The van der Waals surface area contributed by atoms with Gasteiger partial charge in [-0.2, -0.15) is 0 Å². The molecule has 0 radical (unpaired) electrons. The lowest BCUT2D eigenvalue weighted by atomic mass is 9.50. The molecule has 1 N–H and O–H groups in total. The second-order valence-corrected chi connectivity index (χ2v) is 12.7. The van der Waals surface area contributed by atoms with Crippen molar-refractivity contribution in [3.63, 3.8) is 0 Å². The fourth-order valence-corrected chi connectivity index (χ4v) is 7.23. The predicted molar refractivity (Wildman–Crippen MR) is 137 cm³/mol. The highest BCUT2D eigenvalue weighted by Gasteiger charge is 2.72. The normalized spacial score (nSPS) is 35.9. The van der Waals surface area contributed by atoms with E-state index in [1.54, 1.807) is 47.8 Å². The van der Waals surface area contributed by atoms with Crippen molar-refractivity contribution in [3.8, 4) is 11.5 Å². The van der Waals surface area contributed by atoms with Crippen LogP contribution in [0.2, 0.25) is 0 Å². The number of aliphatic hydroxyl groups is 1. The first-order valence-electron chi connectivity index (χ1n) is 13.5. The summed E-state index contributed by atoms with van der Waals surface area (Å²) in [7, 11) is 3.62. The minimum atomic E-state index is -1.33. The van der Waals surface area contributed by atoms with Crippen LogP contribution in [0.5, 0.6) is 11.5 Å². The van der Waals surface area contributed by atoms with Crippen molar-refractivity contribution in [2.75, 3.05) is 20.7 Å². The van der Waals surface area contributed by atoms with Crippen LogP contribution in [0.3, 0.4) is 0 Å². The Hall–Kier alpha value is -2.66. The van der Waals surface area contributed by atoms with Gasteiger partial charge in [0, 0.05) is 18.0 Å². The smallest absolute Gasteiger partial charge is 0.343 e. The van der Waals surface area contributed by atoms with E-state index in [0.717, 1.165) is 17.7 Å². The van der Waals surface area contributed by atoms with E-state index in [1.807, 2.05) is 19.2 Å². The third-order valence-electron chi connectivity index (χ3n) is 8.74. The summed E-state index contributed by atoms with van der Waals surface area (Å²) < 4.78 is 35.3. The lowest BCUT2D eigenvalue weighted by Gasteiger charge is -2.61. The second kappa shape index (κ2) is 8.42. The minimum absolute atomic E-state index is 0.124. The molecule has 2 bridgehead atoms. The standard InChI is InChI=1S/C29H37NO9/c1-26(2,3)39-25(32)22-21(37-27(4,5)38-22)24(31)35-17-10-11-29(33)18-14-15-8-9-16(34-7)20-19(15)28(29,23(17)36-20)12-13-30(18)6/h8-10,18,21-23,33H,11-14H2,1-7H3/t18-,21+,22+,23-,28-,29+/m0/s1. The Kier molecular flexibility index (Phi) is 5.74. The van der Waals surface area contributed by atoms with Gasteiger partial charge in [-0.3, -0.25) is 0 Å². The van der Waals surface area contributed by atoms with Crippen molar-refractivity contribution >= 4 is 11.9 Å². The predicted octanol–water partition coefficient (Wildman–Crippen LogP) is 2.38. The van der Waals surface area contributed by atoms with Crippen LogP contribution in [-0.2, 0) is 40.4 Å². The zero-order valence-corrected chi connectivity index (χ0v) is 23.5. The molecule has 5 aliphatic rings. The maximum Gasteiger partial charge on any atom is 0.343 e. The zero-order valence-electron chi connectivity index (χ0n) is 23.5. The molecule has 6 rings (SSSR count). The number of hydrogen-bond donors (Lipinski definition) is 1. The molecule has 2 saturated heterocycles. The summed E-state index contributed by atoms with van der Waals surface area (Å²) in [5, 5.41) is 12.3. The molecule has 3 aliphatic heterocycles. The molecule has 0 saturated carbocycles. The number of esters is 2. The van der Waals surface area contributed by atoms with E-state index >= 15 is 0 Å². The van der Waals surface area contributed by atoms with Gasteiger partial charge in [0.05, 0.1) is 18.1 Å². The fraction of sp³-hybridized carbons (Fsp3) is 0.655. The monoisotopic (exact) mass is 543 g/mol. The van der Waals surface area contributed by atoms with Crippen LogP contribution in [0.1, 0.15) is 58.6 Å². The molecule has 10 heteroatoms. The summed E-state index contributed by atoms with van der Waals surface area (Å²) in [5.41, 5.74) is -0.680. The number of rotatable bonds is 4. The van der Waals surface area contributed by atoms with E-state index in [2.05, 4.69) is 4.90 Å². The molecule has 1 spiro atoms. The maximum absolute atomic E-state index is 13.6. The number of carbonyl (C=O) groups excluding carboxylic acids is 2. The Labute approximate surface area is 228 Å². The third-order valence-corrected chi connectivity index (χ3v) is 8.74. The summed E-state index contributed by atoms with van der Waals surface area (Å²) in [4.78, 5) is 28.7. The summed E-state index contributed by atoms with van der Waals surface area (Å²) >= 11 is 0. The summed E-state index contributed by atoms with van der Waals surface area (Å²) in [5.74, 6) is -1.24. The molecule has 1 aromatic rings. The van der Waals surface area contributed by atoms with Crippen LogP contribution < -0.4 is 9.47 Å². The lowest BCUT2D eigenvalue weighted by Crippen LogP contribution is -2.74. The van der Waals surface area contributed by atoms with Crippen molar-refractivity contribution in [2.45, 2.75) is 101 Å². The van der Waals surface area contributed by atoms with Gasteiger partial charge in [-0.1, -0.05) is 6.07 Å². The fourth-order valence-electron chi connectivity index (χ4n) is 7.23. The van der Waals surface area contributed by atoms with E-state index in [4.69, 9.17) is 28.4 Å². The first kappa shape index (κ1) is 26.6. The maximum atomic E-state index is 13.6. The number of hydrogen-bond acceptors (Lipinski definition) is 10. The number of likely N-dealkylation sites (N-methyl/N-ethyl adjacent to an activating group) is 1. The Morgan fingerprint density at radius 1 is 1.13 bits per heavy atom. The van der Waals surface area contributed by atoms with Crippen LogP contribution >= 0.6 is 0 Å². The first-order chi connectivity index (χ1) is 18.2. The minimum Gasteiger partial charge on any atom is -0.493 e. The molecule has 0 aromatic heterocycles. The molecule has 2 aliphatic carbocycles. The molecule has 0 unspecified atom stereocenters. The number of piperidine rings is 1. The van der Waals surface area contributed by atoms with E-state index in [9.17, 15) is 14.7 Å².